The van der Waals surface area contributed by atoms with E-state index in [2.05, 4.69) is 57.0 Å². The number of aliphatic imine (C=N–C) groups is 1. The van der Waals surface area contributed by atoms with Gasteiger partial charge in [-0.1, -0.05) is 18.2 Å². The first-order valence-electron chi connectivity index (χ1n) is 11.0. The number of rotatable bonds is 8. The number of para-hydroxylation sites is 1. The van der Waals surface area contributed by atoms with Gasteiger partial charge in [0.15, 0.2) is 5.96 Å². The van der Waals surface area contributed by atoms with Gasteiger partial charge in [-0.3, -0.25) is 9.56 Å². The lowest BCUT2D eigenvalue weighted by Crippen LogP contribution is -2.38. The van der Waals surface area contributed by atoms with Crippen molar-refractivity contribution < 1.29 is 0 Å². The molecule has 1 aliphatic rings. The lowest BCUT2D eigenvalue weighted by atomic mass is 10.1. The van der Waals surface area contributed by atoms with Crippen molar-refractivity contribution in [3.8, 4) is 0 Å². The minimum absolute atomic E-state index is 0.0254. The topological polar surface area (TPSA) is 92.0 Å². The molecule has 0 amide bonds. The maximum Gasteiger partial charge on any atom is 0.345 e. The summed E-state index contributed by atoms with van der Waals surface area (Å²) in [6, 6.07) is 8.36. The van der Waals surface area contributed by atoms with Crippen LogP contribution < -0.4 is 16.3 Å². The second-order valence-electron chi connectivity index (χ2n) is 7.68. The van der Waals surface area contributed by atoms with Crippen LogP contribution in [0.5, 0.6) is 0 Å². The summed E-state index contributed by atoms with van der Waals surface area (Å²) in [5.74, 6) is 1.75. The Morgan fingerprint density at radius 2 is 2.17 bits per heavy atom. The second kappa shape index (κ2) is 9.65. The average Bonchev–Trinajstić information content (AvgIpc) is 3.32. The van der Waals surface area contributed by atoms with Crippen LogP contribution in [0, 0.1) is 0 Å². The van der Waals surface area contributed by atoms with Crippen LogP contribution >= 0.6 is 0 Å². The summed E-state index contributed by atoms with van der Waals surface area (Å²) in [4.78, 5) is 20.4. The third-order valence-corrected chi connectivity index (χ3v) is 5.54. The third-order valence-electron chi connectivity index (χ3n) is 5.54. The van der Waals surface area contributed by atoms with Crippen LogP contribution in [-0.4, -0.2) is 44.9 Å². The summed E-state index contributed by atoms with van der Waals surface area (Å²) < 4.78 is 3.43. The van der Waals surface area contributed by atoms with E-state index in [1.54, 1.807) is 4.68 Å². The highest BCUT2D eigenvalue weighted by Crippen LogP contribution is 2.17. The maximum atomic E-state index is 12.4. The van der Waals surface area contributed by atoms with Crippen LogP contribution in [0.1, 0.15) is 37.6 Å². The highest BCUT2D eigenvalue weighted by Gasteiger charge is 2.16. The Bertz CT molecular complexity index is 1060. The van der Waals surface area contributed by atoms with Crippen LogP contribution in [0.3, 0.4) is 0 Å². The molecule has 8 nitrogen and oxygen atoms in total. The van der Waals surface area contributed by atoms with E-state index >= 15 is 0 Å². The summed E-state index contributed by atoms with van der Waals surface area (Å²) in [6.07, 6.45) is 6.89. The number of nitrogens with one attached hydrogen (secondary N) is 3. The zero-order valence-electron chi connectivity index (χ0n) is 17.7. The van der Waals surface area contributed by atoms with E-state index in [9.17, 15) is 4.79 Å². The average molecular weight is 410 g/mol. The number of benzene rings is 1. The van der Waals surface area contributed by atoms with Gasteiger partial charge < -0.3 is 15.6 Å². The van der Waals surface area contributed by atoms with Crippen molar-refractivity contribution in [1.82, 2.24) is 30.0 Å². The maximum absolute atomic E-state index is 12.4. The molecule has 3 aromatic rings. The molecule has 1 aliphatic heterocycles. The SMILES string of the molecule is CCNC(=NCCCn1nc2n(c1=O)CCCC2)NCCc1c[nH]c2ccccc12. The van der Waals surface area contributed by atoms with Crippen molar-refractivity contribution in [3.63, 3.8) is 0 Å². The van der Waals surface area contributed by atoms with Gasteiger partial charge in [-0.2, -0.15) is 5.10 Å². The fraction of sp³-hybridized carbons (Fsp3) is 0.500. The summed E-state index contributed by atoms with van der Waals surface area (Å²) in [6.45, 7) is 5.74. The van der Waals surface area contributed by atoms with Crippen LogP contribution in [-0.2, 0) is 25.9 Å². The van der Waals surface area contributed by atoms with Crippen molar-refractivity contribution in [2.45, 2.75) is 52.1 Å². The number of H-pyrrole nitrogens is 1. The quantitative estimate of drug-likeness (QED) is 0.302. The first-order valence-corrected chi connectivity index (χ1v) is 11.0. The molecule has 0 radical (unpaired) electrons. The van der Waals surface area contributed by atoms with E-state index in [1.165, 1.54) is 16.5 Å². The molecule has 0 fully saturated rings. The predicted octanol–water partition coefficient (Wildman–Crippen LogP) is 2.05. The molecule has 0 atom stereocenters. The van der Waals surface area contributed by atoms with Crippen LogP contribution in [0.4, 0.5) is 0 Å². The number of fused-ring (bicyclic) bond motifs is 2. The van der Waals surface area contributed by atoms with Gasteiger partial charge in [0.2, 0.25) is 0 Å². The molecule has 8 heteroatoms. The number of aromatic amines is 1. The van der Waals surface area contributed by atoms with Gasteiger partial charge >= 0.3 is 5.69 Å². The molecule has 0 aliphatic carbocycles. The molecule has 160 valence electrons. The Morgan fingerprint density at radius 1 is 1.27 bits per heavy atom. The molecule has 0 saturated carbocycles. The van der Waals surface area contributed by atoms with E-state index in [0.29, 0.717) is 13.1 Å². The molecule has 0 unspecified atom stereocenters. The van der Waals surface area contributed by atoms with Gasteiger partial charge in [-0.25, -0.2) is 9.48 Å². The van der Waals surface area contributed by atoms with E-state index < -0.39 is 0 Å². The summed E-state index contributed by atoms with van der Waals surface area (Å²) >= 11 is 0. The van der Waals surface area contributed by atoms with Crippen molar-refractivity contribution in [1.29, 1.82) is 0 Å². The van der Waals surface area contributed by atoms with Crippen LogP contribution in [0.2, 0.25) is 0 Å². The number of hydrogen-bond donors (Lipinski definition) is 3. The lowest BCUT2D eigenvalue weighted by Gasteiger charge is -2.11. The number of aromatic nitrogens is 4. The molecular formula is C22H31N7O. The largest absolute Gasteiger partial charge is 0.361 e. The Balaban J connectivity index is 1.27. The van der Waals surface area contributed by atoms with Gasteiger partial charge in [0.1, 0.15) is 5.82 Å². The summed E-state index contributed by atoms with van der Waals surface area (Å²) in [7, 11) is 0. The Hall–Kier alpha value is -3.03. The minimum atomic E-state index is 0.0254. The molecule has 0 spiro atoms. The molecule has 3 N–H and O–H groups in total. The highest BCUT2D eigenvalue weighted by atomic mass is 16.2. The van der Waals surface area contributed by atoms with Crippen molar-refractivity contribution in [2.75, 3.05) is 19.6 Å². The molecule has 2 aromatic heterocycles. The van der Waals surface area contributed by atoms with E-state index in [-0.39, 0.29) is 5.69 Å². The standard InChI is InChI=1S/C22H31N7O/c1-2-23-21(25-13-11-17-16-26-19-9-4-3-8-18(17)19)24-12-7-15-29-22(30)28-14-6-5-10-20(28)27-29/h3-4,8-9,16,26H,2,5-7,10-15H2,1H3,(H2,23,24,25). The fourth-order valence-corrected chi connectivity index (χ4v) is 4.00. The molecule has 3 heterocycles. The minimum Gasteiger partial charge on any atom is -0.361 e. The Labute approximate surface area is 176 Å². The molecule has 30 heavy (non-hydrogen) atoms. The van der Waals surface area contributed by atoms with E-state index in [1.807, 2.05) is 10.6 Å². The van der Waals surface area contributed by atoms with Gasteiger partial charge in [-0.15, -0.1) is 0 Å². The lowest BCUT2D eigenvalue weighted by molar-refractivity contribution is 0.509. The molecule has 4 rings (SSSR count). The Morgan fingerprint density at radius 3 is 3.03 bits per heavy atom. The number of guanidine groups is 1. The summed E-state index contributed by atoms with van der Waals surface area (Å²) in [5.41, 5.74) is 2.50. The smallest absolute Gasteiger partial charge is 0.345 e. The second-order valence-corrected chi connectivity index (χ2v) is 7.68. The predicted molar refractivity (Wildman–Crippen MR) is 120 cm³/mol. The van der Waals surface area contributed by atoms with Gasteiger partial charge in [0, 0.05) is 56.2 Å². The van der Waals surface area contributed by atoms with Crippen LogP contribution in [0.15, 0.2) is 40.2 Å². The third kappa shape index (κ3) is 4.58. The molecule has 0 bridgehead atoms. The van der Waals surface area contributed by atoms with Gasteiger partial charge in [0.25, 0.3) is 0 Å². The van der Waals surface area contributed by atoms with Crippen molar-refractivity contribution >= 4 is 16.9 Å². The summed E-state index contributed by atoms with van der Waals surface area (Å²) in [5, 5.41) is 12.5. The molecule has 1 aromatic carbocycles. The monoisotopic (exact) mass is 409 g/mol. The zero-order valence-corrected chi connectivity index (χ0v) is 17.7. The van der Waals surface area contributed by atoms with E-state index in [0.717, 1.165) is 63.5 Å². The zero-order chi connectivity index (χ0) is 20.8. The first kappa shape index (κ1) is 20.3. The normalized spacial score (nSPS) is 14.1. The van der Waals surface area contributed by atoms with Gasteiger partial charge in [-0.05, 0) is 44.2 Å². The van der Waals surface area contributed by atoms with Crippen molar-refractivity contribution in [3.05, 3.63) is 52.3 Å². The Kier molecular flexibility index (Phi) is 6.51. The highest BCUT2D eigenvalue weighted by molar-refractivity contribution is 5.83. The fourth-order valence-electron chi connectivity index (χ4n) is 4.00. The molecular weight excluding hydrogens is 378 g/mol. The van der Waals surface area contributed by atoms with E-state index in [4.69, 9.17) is 0 Å². The number of nitrogens with zero attached hydrogens (tertiary/aromatic N) is 4. The van der Waals surface area contributed by atoms with Crippen LogP contribution in [0.25, 0.3) is 10.9 Å². The van der Waals surface area contributed by atoms with Crippen molar-refractivity contribution in [2.24, 2.45) is 4.99 Å². The molecule has 0 saturated heterocycles. The number of hydrogen-bond acceptors (Lipinski definition) is 3. The first-order chi connectivity index (χ1) is 14.8. The van der Waals surface area contributed by atoms with Gasteiger partial charge in [0.05, 0.1) is 0 Å². The number of aryl methyl sites for hydroxylation is 2.